The van der Waals surface area contributed by atoms with Crippen LogP contribution < -0.4 is 0 Å². The maximum Gasteiger partial charge on any atom is 0.290 e. The molecule has 0 saturated heterocycles. The maximum atomic E-state index is 11.8. The molecule has 0 N–H and O–H groups in total. The molecule has 7 heavy (non-hydrogen) atoms. The van der Waals surface area contributed by atoms with E-state index in [1.807, 2.05) is 22.6 Å². The van der Waals surface area contributed by atoms with E-state index < -0.39 is 5.26 Å². The molecule has 0 aliphatic carbocycles. The number of halogens is 2. The van der Waals surface area contributed by atoms with Gasteiger partial charge in [0, 0.05) is 0 Å². The minimum Gasteiger partial charge on any atom is -0.171 e. The van der Waals surface area contributed by atoms with E-state index in [1.165, 1.54) is 0 Å². The quantitative estimate of drug-likeness (QED) is 0.627. The zero-order valence-corrected chi connectivity index (χ0v) is 6.03. The third-order valence-electron chi connectivity index (χ3n) is 0.376. The van der Waals surface area contributed by atoms with E-state index in [0.717, 1.165) is 11.3 Å². The number of aromatic nitrogens is 2. The van der Waals surface area contributed by atoms with Crippen molar-refractivity contribution in [2.75, 3.05) is 0 Å². The number of hydrogen-bond donors (Lipinski definition) is 0. The lowest BCUT2D eigenvalue weighted by atomic mass is 11.5. The monoisotopic (exact) mass is 230 g/mol. The number of nitrogens with zero attached hydrogens (tertiary/aromatic N) is 2. The lowest BCUT2D eigenvalue weighted by Crippen LogP contribution is -1.68. The van der Waals surface area contributed by atoms with Crippen molar-refractivity contribution in [1.29, 1.82) is 0 Å². The van der Waals surface area contributed by atoms with E-state index in [9.17, 15) is 4.39 Å². The summed E-state index contributed by atoms with van der Waals surface area (Å²) in [6, 6.07) is 0. The highest BCUT2D eigenvalue weighted by atomic mass is 127. The van der Waals surface area contributed by atoms with Gasteiger partial charge >= 0.3 is 0 Å². The molecule has 0 bridgehead atoms. The van der Waals surface area contributed by atoms with Crippen LogP contribution in [0, 0.1) is 8.28 Å². The lowest BCUT2D eigenvalue weighted by Gasteiger charge is -1.59. The number of rotatable bonds is 0. The van der Waals surface area contributed by atoms with Gasteiger partial charge in [-0.05, 0) is 22.6 Å². The molecule has 1 heterocycles. The van der Waals surface area contributed by atoms with E-state index in [4.69, 9.17) is 0 Å². The molecule has 0 saturated carbocycles. The second-order valence-corrected chi connectivity index (χ2v) is 3.49. The van der Waals surface area contributed by atoms with Crippen molar-refractivity contribution >= 4 is 33.9 Å². The first-order valence-corrected chi connectivity index (χ1v) is 3.33. The summed E-state index contributed by atoms with van der Waals surface area (Å²) in [4.78, 5) is 0. The summed E-state index contributed by atoms with van der Waals surface area (Å²) in [5, 5.41) is 6.04. The van der Waals surface area contributed by atoms with Crippen LogP contribution in [-0.4, -0.2) is 10.2 Å². The average Bonchev–Trinajstić information content (AvgIpc) is 1.87. The Morgan fingerprint density at radius 1 is 1.57 bits per heavy atom. The average molecular weight is 230 g/mol. The molecule has 1 rings (SSSR count). The molecule has 1 aromatic rings. The molecule has 0 aromatic carbocycles. The van der Waals surface area contributed by atoms with Gasteiger partial charge in [-0.15, -0.1) is 10.2 Å². The van der Waals surface area contributed by atoms with Crippen LogP contribution in [0.1, 0.15) is 0 Å². The van der Waals surface area contributed by atoms with Crippen molar-refractivity contribution in [2.24, 2.45) is 0 Å². The third-order valence-corrected chi connectivity index (χ3v) is 1.75. The SMILES string of the molecule is Fc1nnc(I)s1. The van der Waals surface area contributed by atoms with Crippen LogP contribution in [0.5, 0.6) is 0 Å². The molecule has 0 radical (unpaired) electrons. The van der Waals surface area contributed by atoms with Gasteiger partial charge in [0.1, 0.15) is 0 Å². The van der Waals surface area contributed by atoms with Gasteiger partial charge in [0.25, 0.3) is 5.26 Å². The zero-order chi connectivity index (χ0) is 5.28. The minimum absolute atomic E-state index is 0.468. The molecule has 2 nitrogen and oxygen atoms in total. The Bertz CT molecular complexity index is 148. The van der Waals surface area contributed by atoms with Gasteiger partial charge in [-0.25, -0.2) is 0 Å². The highest BCUT2D eigenvalue weighted by Gasteiger charge is 1.94. The Morgan fingerprint density at radius 2 is 2.29 bits per heavy atom. The standard InChI is InChI=1S/C2FIN2S/c3-1-5-6-2(4)7-1. The van der Waals surface area contributed by atoms with Crippen molar-refractivity contribution in [1.82, 2.24) is 10.2 Å². The van der Waals surface area contributed by atoms with Crippen molar-refractivity contribution < 1.29 is 4.39 Å². The summed E-state index contributed by atoms with van der Waals surface area (Å²) in [5.74, 6) is 0. The first-order chi connectivity index (χ1) is 3.29. The summed E-state index contributed by atoms with van der Waals surface area (Å²) < 4.78 is 12.4. The fourth-order valence-corrected chi connectivity index (χ4v) is 1.14. The fourth-order valence-electron chi connectivity index (χ4n) is 0.189. The fraction of sp³-hybridized carbons (Fsp3) is 0. The minimum atomic E-state index is -0.468. The Kier molecular flexibility index (Phi) is 1.53. The predicted molar refractivity (Wildman–Crippen MR) is 32.6 cm³/mol. The normalized spacial score (nSPS) is 9.43. The Balaban J connectivity index is 3.04. The van der Waals surface area contributed by atoms with Gasteiger partial charge in [-0.3, -0.25) is 0 Å². The molecule has 0 fully saturated rings. The third kappa shape index (κ3) is 1.30. The first-order valence-electron chi connectivity index (χ1n) is 1.43. The van der Waals surface area contributed by atoms with Crippen LogP contribution >= 0.6 is 33.9 Å². The van der Waals surface area contributed by atoms with Crippen LogP contribution in [-0.2, 0) is 0 Å². The molecule has 0 unspecified atom stereocenters. The van der Waals surface area contributed by atoms with E-state index >= 15 is 0 Å². The topological polar surface area (TPSA) is 25.8 Å². The molecular weight excluding hydrogens is 230 g/mol. The van der Waals surface area contributed by atoms with Gasteiger partial charge < -0.3 is 0 Å². The van der Waals surface area contributed by atoms with E-state index in [0.29, 0.717) is 3.01 Å². The Hall–Kier alpha value is 0.220. The summed E-state index contributed by atoms with van der Waals surface area (Å²) >= 11 is 2.85. The zero-order valence-electron chi connectivity index (χ0n) is 3.06. The molecular formula is C2FIN2S. The van der Waals surface area contributed by atoms with Crippen molar-refractivity contribution in [3.63, 3.8) is 0 Å². The van der Waals surface area contributed by atoms with Crippen LogP contribution in [0.3, 0.4) is 0 Å². The molecule has 0 aliphatic rings. The largest absolute Gasteiger partial charge is 0.290 e. The van der Waals surface area contributed by atoms with E-state index in [-0.39, 0.29) is 0 Å². The molecule has 1 aromatic heterocycles. The second-order valence-electron chi connectivity index (χ2n) is 0.808. The smallest absolute Gasteiger partial charge is 0.171 e. The summed E-state index contributed by atoms with van der Waals surface area (Å²) in [6.45, 7) is 0. The molecule has 0 spiro atoms. The van der Waals surface area contributed by atoms with Crippen LogP contribution in [0.4, 0.5) is 4.39 Å². The maximum absolute atomic E-state index is 11.8. The Labute approximate surface area is 56.9 Å². The number of hydrogen-bond acceptors (Lipinski definition) is 3. The highest BCUT2D eigenvalue weighted by Crippen LogP contribution is 2.08. The van der Waals surface area contributed by atoms with Crippen molar-refractivity contribution in [3.8, 4) is 0 Å². The summed E-state index contributed by atoms with van der Waals surface area (Å²) in [5.41, 5.74) is 0. The summed E-state index contributed by atoms with van der Waals surface area (Å²) in [6.07, 6.45) is 0. The molecule has 0 amide bonds. The predicted octanol–water partition coefficient (Wildman–Crippen LogP) is 1.28. The van der Waals surface area contributed by atoms with Crippen LogP contribution in [0.15, 0.2) is 0 Å². The van der Waals surface area contributed by atoms with Gasteiger partial charge in [-0.1, -0.05) is 11.3 Å². The molecule has 0 aliphatic heterocycles. The molecule has 5 heteroatoms. The first kappa shape index (κ1) is 5.36. The van der Waals surface area contributed by atoms with Gasteiger partial charge in [-0.2, -0.15) is 4.39 Å². The van der Waals surface area contributed by atoms with Crippen LogP contribution in [0.25, 0.3) is 0 Å². The van der Waals surface area contributed by atoms with E-state index in [1.54, 1.807) is 0 Å². The van der Waals surface area contributed by atoms with Crippen molar-refractivity contribution in [2.45, 2.75) is 0 Å². The van der Waals surface area contributed by atoms with Gasteiger partial charge in [0.15, 0.2) is 3.01 Å². The Morgan fingerprint density at radius 3 is 2.43 bits per heavy atom. The highest BCUT2D eigenvalue weighted by molar-refractivity contribution is 14.1. The summed E-state index contributed by atoms with van der Waals surface area (Å²) in [7, 11) is 0. The molecule has 38 valence electrons. The van der Waals surface area contributed by atoms with Gasteiger partial charge in [0.2, 0.25) is 0 Å². The van der Waals surface area contributed by atoms with Crippen molar-refractivity contribution in [3.05, 3.63) is 8.28 Å². The second kappa shape index (κ2) is 1.99. The molecule has 0 atom stereocenters. The van der Waals surface area contributed by atoms with Crippen LogP contribution in [0.2, 0.25) is 0 Å². The van der Waals surface area contributed by atoms with E-state index in [2.05, 4.69) is 10.2 Å². The van der Waals surface area contributed by atoms with Gasteiger partial charge in [0.05, 0.1) is 0 Å². The lowest BCUT2D eigenvalue weighted by molar-refractivity contribution is 0.600.